The first-order valence-electron chi connectivity index (χ1n) is 11.7. The first-order chi connectivity index (χ1) is 14.5. The van der Waals surface area contributed by atoms with Gasteiger partial charge in [-0.25, -0.2) is 0 Å². The lowest BCUT2D eigenvalue weighted by atomic mass is 10.1. The largest absolute Gasteiger partial charge is 0.368 e. The summed E-state index contributed by atoms with van der Waals surface area (Å²) in [6.07, 6.45) is 0. The number of piperazine rings is 2. The SMILES string of the molecule is CCNC(=NCC(C)CN1CCN(C)CC1)N1CCN(c2cccc(C)c2C)CC1. The Kier molecular flexibility index (Phi) is 8.40. The molecule has 0 bridgehead atoms. The highest BCUT2D eigenvalue weighted by molar-refractivity contribution is 5.80. The first-order valence-corrected chi connectivity index (χ1v) is 11.7. The van der Waals surface area contributed by atoms with Crippen LogP contribution in [0.4, 0.5) is 5.69 Å². The highest BCUT2D eigenvalue weighted by Gasteiger charge is 2.22. The predicted molar refractivity (Wildman–Crippen MR) is 129 cm³/mol. The molecule has 2 saturated heterocycles. The molecule has 30 heavy (non-hydrogen) atoms. The summed E-state index contributed by atoms with van der Waals surface area (Å²) in [4.78, 5) is 15.0. The van der Waals surface area contributed by atoms with Gasteiger partial charge >= 0.3 is 0 Å². The smallest absolute Gasteiger partial charge is 0.194 e. The highest BCUT2D eigenvalue weighted by atomic mass is 15.3. The second-order valence-corrected chi connectivity index (χ2v) is 9.10. The molecule has 1 aromatic carbocycles. The number of guanidine groups is 1. The zero-order valence-corrected chi connectivity index (χ0v) is 19.8. The number of rotatable bonds is 6. The number of hydrogen-bond acceptors (Lipinski definition) is 4. The van der Waals surface area contributed by atoms with E-state index in [0.717, 1.165) is 51.8 Å². The second-order valence-electron chi connectivity index (χ2n) is 9.10. The maximum atomic E-state index is 5.02. The van der Waals surface area contributed by atoms with Gasteiger partial charge in [0.05, 0.1) is 0 Å². The van der Waals surface area contributed by atoms with Crippen LogP contribution in [0.3, 0.4) is 0 Å². The van der Waals surface area contributed by atoms with Gasteiger partial charge in [0.15, 0.2) is 5.96 Å². The zero-order valence-electron chi connectivity index (χ0n) is 19.8. The molecule has 0 spiro atoms. The minimum atomic E-state index is 0.582. The topological polar surface area (TPSA) is 37.4 Å². The fourth-order valence-electron chi connectivity index (χ4n) is 4.43. The lowest BCUT2D eigenvalue weighted by molar-refractivity contribution is 0.140. The Morgan fingerprint density at radius 2 is 1.73 bits per heavy atom. The quantitative estimate of drug-likeness (QED) is 0.571. The van der Waals surface area contributed by atoms with Gasteiger partial charge in [0.1, 0.15) is 0 Å². The van der Waals surface area contributed by atoms with Crippen molar-refractivity contribution in [3.8, 4) is 0 Å². The van der Waals surface area contributed by atoms with E-state index < -0.39 is 0 Å². The summed E-state index contributed by atoms with van der Waals surface area (Å²) in [5.41, 5.74) is 4.17. The molecule has 2 aliphatic heterocycles. The van der Waals surface area contributed by atoms with Crippen molar-refractivity contribution in [1.82, 2.24) is 20.0 Å². The molecule has 0 aliphatic carbocycles. The standard InChI is InChI=1S/C24H42N6/c1-6-25-24(26-18-20(2)19-28-12-10-27(5)11-13-28)30-16-14-29(15-17-30)23-9-7-8-21(3)22(23)4/h7-9,20H,6,10-19H2,1-5H3,(H,25,26). The minimum Gasteiger partial charge on any atom is -0.368 e. The summed E-state index contributed by atoms with van der Waals surface area (Å²) < 4.78 is 0. The third kappa shape index (κ3) is 6.11. The van der Waals surface area contributed by atoms with Crippen LogP contribution in [0.5, 0.6) is 0 Å². The third-order valence-electron chi connectivity index (χ3n) is 6.55. The Hall–Kier alpha value is -1.79. The number of benzene rings is 1. The molecule has 2 fully saturated rings. The van der Waals surface area contributed by atoms with Crippen LogP contribution in [0.15, 0.2) is 23.2 Å². The first kappa shape index (κ1) is 22.9. The molecule has 168 valence electrons. The van der Waals surface area contributed by atoms with Crippen LogP contribution < -0.4 is 10.2 Å². The van der Waals surface area contributed by atoms with Crippen molar-refractivity contribution in [1.29, 1.82) is 0 Å². The van der Waals surface area contributed by atoms with Crippen molar-refractivity contribution in [3.63, 3.8) is 0 Å². The van der Waals surface area contributed by atoms with Crippen LogP contribution in [0.1, 0.15) is 25.0 Å². The van der Waals surface area contributed by atoms with Gasteiger partial charge in [-0.3, -0.25) is 4.99 Å². The van der Waals surface area contributed by atoms with Crippen molar-refractivity contribution in [2.24, 2.45) is 10.9 Å². The zero-order chi connectivity index (χ0) is 21.5. The van der Waals surface area contributed by atoms with E-state index in [1.165, 1.54) is 43.0 Å². The third-order valence-corrected chi connectivity index (χ3v) is 6.55. The molecule has 2 heterocycles. The Labute approximate surface area is 183 Å². The Morgan fingerprint density at radius 3 is 2.40 bits per heavy atom. The minimum absolute atomic E-state index is 0.582. The molecule has 1 atom stereocenters. The van der Waals surface area contributed by atoms with Crippen LogP contribution in [0.25, 0.3) is 0 Å². The highest BCUT2D eigenvalue weighted by Crippen LogP contribution is 2.23. The maximum absolute atomic E-state index is 5.02. The molecule has 0 aromatic heterocycles. The van der Waals surface area contributed by atoms with Gasteiger partial charge in [-0.05, 0) is 50.9 Å². The number of nitrogens with one attached hydrogen (secondary N) is 1. The van der Waals surface area contributed by atoms with E-state index in [1.54, 1.807) is 0 Å². The van der Waals surface area contributed by atoms with E-state index in [9.17, 15) is 0 Å². The average molecular weight is 415 g/mol. The molecule has 3 rings (SSSR count). The van der Waals surface area contributed by atoms with Crippen LogP contribution in [-0.4, -0.2) is 99.7 Å². The van der Waals surface area contributed by atoms with Gasteiger partial charge in [-0.1, -0.05) is 19.1 Å². The average Bonchev–Trinajstić information content (AvgIpc) is 2.75. The van der Waals surface area contributed by atoms with Crippen LogP contribution in [0, 0.1) is 19.8 Å². The molecule has 6 nitrogen and oxygen atoms in total. The van der Waals surface area contributed by atoms with E-state index >= 15 is 0 Å². The summed E-state index contributed by atoms with van der Waals surface area (Å²) in [7, 11) is 2.22. The monoisotopic (exact) mass is 414 g/mol. The normalized spacial score (nSPS) is 20.5. The van der Waals surface area contributed by atoms with Gasteiger partial charge in [-0.15, -0.1) is 0 Å². The van der Waals surface area contributed by atoms with Gasteiger partial charge in [0.25, 0.3) is 0 Å². The summed E-state index contributed by atoms with van der Waals surface area (Å²) in [5, 5.41) is 3.53. The molecule has 0 radical (unpaired) electrons. The molecular formula is C24H42N6. The molecule has 6 heteroatoms. The lowest BCUT2D eigenvalue weighted by Gasteiger charge is -2.38. The van der Waals surface area contributed by atoms with Crippen LogP contribution >= 0.6 is 0 Å². The fourth-order valence-corrected chi connectivity index (χ4v) is 4.43. The van der Waals surface area contributed by atoms with E-state index in [-0.39, 0.29) is 0 Å². The number of nitrogens with zero attached hydrogens (tertiary/aromatic N) is 5. The van der Waals surface area contributed by atoms with Gasteiger partial charge in [0.2, 0.25) is 0 Å². The van der Waals surface area contributed by atoms with Crippen molar-refractivity contribution in [2.75, 3.05) is 83.9 Å². The molecule has 0 amide bonds. The molecule has 1 N–H and O–H groups in total. The summed E-state index contributed by atoms with van der Waals surface area (Å²) in [5.74, 6) is 1.67. The molecule has 1 unspecified atom stereocenters. The predicted octanol–water partition coefficient (Wildman–Crippen LogP) is 2.27. The Morgan fingerprint density at radius 1 is 1.03 bits per heavy atom. The molecule has 2 aliphatic rings. The number of likely N-dealkylation sites (N-methyl/N-ethyl adjacent to an activating group) is 1. The summed E-state index contributed by atoms with van der Waals surface area (Å²) in [6.45, 7) is 20.8. The van der Waals surface area contributed by atoms with E-state index in [0.29, 0.717) is 5.92 Å². The maximum Gasteiger partial charge on any atom is 0.194 e. The molecule has 1 aromatic rings. The number of hydrogen-bond donors (Lipinski definition) is 1. The van der Waals surface area contributed by atoms with Crippen molar-refractivity contribution in [2.45, 2.75) is 27.7 Å². The van der Waals surface area contributed by atoms with E-state index in [1.807, 2.05) is 0 Å². The van der Waals surface area contributed by atoms with Crippen molar-refractivity contribution >= 4 is 11.6 Å². The van der Waals surface area contributed by atoms with E-state index in [2.05, 4.69) is 77.9 Å². The number of aliphatic imine (C=N–C) groups is 1. The van der Waals surface area contributed by atoms with Crippen LogP contribution in [0.2, 0.25) is 0 Å². The Balaban J connectivity index is 1.52. The summed E-state index contributed by atoms with van der Waals surface area (Å²) >= 11 is 0. The second kappa shape index (κ2) is 11.0. The van der Waals surface area contributed by atoms with Gasteiger partial charge < -0.3 is 24.9 Å². The Bertz CT molecular complexity index is 687. The van der Waals surface area contributed by atoms with Crippen LogP contribution in [-0.2, 0) is 0 Å². The van der Waals surface area contributed by atoms with Crippen molar-refractivity contribution in [3.05, 3.63) is 29.3 Å². The fraction of sp³-hybridized carbons (Fsp3) is 0.708. The number of aryl methyl sites for hydroxylation is 1. The van der Waals surface area contributed by atoms with E-state index in [4.69, 9.17) is 4.99 Å². The summed E-state index contributed by atoms with van der Waals surface area (Å²) in [6, 6.07) is 6.64. The number of anilines is 1. The molecular weight excluding hydrogens is 372 g/mol. The van der Waals surface area contributed by atoms with Gasteiger partial charge in [0, 0.05) is 77.7 Å². The van der Waals surface area contributed by atoms with Gasteiger partial charge in [-0.2, -0.15) is 0 Å². The lowest BCUT2D eigenvalue weighted by Crippen LogP contribution is -2.53. The van der Waals surface area contributed by atoms with Crippen molar-refractivity contribution < 1.29 is 0 Å². The molecule has 0 saturated carbocycles.